The minimum atomic E-state index is -5.22. The molecule has 2 aromatic carbocycles. The Morgan fingerprint density at radius 2 is 1.58 bits per heavy atom. The predicted octanol–water partition coefficient (Wildman–Crippen LogP) is 5.52. The number of carbonyl (C=O) groups excluding carboxylic acids is 4. The number of rotatable bonds is 10. The lowest BCUT2D eigenvalue weighted by molar-refractivity contribution is -0.173. The summed E-state index contributed by atoms with van der Waals surface area (Å²) in [5.74, 6) is -6.10. The summed E-state index contributed by atoms with van der Waals surface area (Å²) in [7, 11) is 0.841. The number of hydrogen-bond acceptors (Lipinski definition) is 6. The summed E-state index contributed by atoms with van der Waals surface area (Å²) in [4.78, 5) is 53.4. The van der Waals surface area contributed by atoms with Gasteiger partial charge in [0.05, 0.1) is 28.4 Å². The van der Waals surface area contributed by atoms with Crippen LogP contribution in [-0.2, 0) is 9.59 Å². The third-order valence-corrected chi connectivity index (χ3v) is 6.13. The third kappa shape index (κ3) is 9.56. The van der Waals surface area contributed by atoms with Crippen molar-refractivity contribution in [2.75, 3.05) is 35.7 Å². The molecule has 0 fully saturated rings. The van der Waals surface area contributed by atoms with Crippen molar-refractivity contribution >= 4 is 52.4 Å². The first kappa shape index (κ1) is 34.6. The van der Waals surface area contributed by atoms with E-state index in [4.69, 9.17) is 16.3 Å². The highest BCUT2D eigenvalue weighted by Gasteiger charge is 2.42. The Labute approximate surface area is 256 Å². The van der Waals surface area contributed by atoms with E-state index >= 15 is 0 Å². The molecular weight excluding hydrogens is 636 g/mol. The number of amides is 4. The fraction of sp³-hybridized carbons (Fsp3) is 0.250. The number of pyridine rings is 1. The van der Waals surface area contributed by atoms with Crippen molar-refractivity contribution in [3.8, 4) is 5.75 Å². The van der Waals surface area contributed by atoms with Gasteiger partial charge in [-0.15, -0.1) is 0 Å². The van der Waals surface area contributed by atoms with Gasteiger partial charge in [0.2, 0.25) is 0 Å². The lowest BCUT2D eigenvalue weighted by Gasteiger charge is -2.21. The van der Waals surface area contributed by atoms with E-state index in [1.165, 1.54) is 30.5 Å². The van der Waals surface area contributed by atoms with Gasteiger partial charge in [0.15, 0.2) is 0 Å². The molecular formula is C28H24ClF6N5O5. The first-order valence-electron chi connectivity index (χ1n) is 12.8. The number of benzene rings is 2. The average Bonchev–Trinajstić information content (AvgIpc) is 2.97. The summed E-state index contributed by atoms with van der Waals surface area (Å²) in [6.45, 7) is 0.838. The predicted molar refractivity (Wildman–Crippen MR) is 151 cm³/mol. The van der Waals surface area contributed by atoms with Gasteiger partial charge in [-0.2, -0.15) is 26.3 Å². The van der Waals surface area contributed by atoms with E-state index in [-0.39, 0.29) is 52.0 Å². The quantitative estimate of drug-likeness (QED) is 0.194. The molecule has 240 valence electrons. The van der Waals surface area contributed by atoms with E-state index in [1.807, 2.05) is 0 Å². The van der Waals surface area contributed by atoms with E-state index in [0.717, 1.165) is 25.2 Å². The third-order valence-electron chi connectivity index (χ3n) is 5.90. The van der Waals surface area contributed by atoms with Gasteiger partial charge < -0.3 is 25.6 Å². The highest BCUT2D eigenvalue weighted by atomic mass is 35.5. The van der Waals surface area contributed by atoms with Gasteiger partial charge in [-0.25, -0.2) is 4.98 Å². The average molecular weight is 660 g/mol. The Morgan fingerprint density at radius 1 is 0.889 bits per heavy atom. The van der Waals surface area contributed by atoms with Gasteiger partial charge in [-0.1, -0.05) is 23.2 Å². The number of aryl methyl sites for hydroxylation is 1. The molecule has 0 saturated carbocycles. The van der Waals surface area contributed by atoms with E-state index in [1.54, 1.807) is 18.3 Å². The first-order valence-corrected chi connectivity index (χ1v) is 13.2. The van der Waals surface area contributed by atoms with Crippen LogP contribution in [-0.4, -0.2) is 61.2 Å². The summed E-state index contributed by atoms with van der Waals surface area (Å²) in [6, 6.07) is 10.5. The van der Waals surface area contributed by atoms with Crippen molar-refractivity contribution in [2.45, 2.75) is 25.7 Å². The molecule has 0 radical (unpaired) electrons. The Kier molecular flexibility index (Phi) is 11.0. The summed E-state index contributed by atoms with van der Waals surface area (Å²) < 4.78 is 81.8. The second-order valence-electron chi connectivity index (χ2n) is 9.32. The zero-order valence-corrected chi connectivity index (χ0v) is 24.2. The summed E-state index contributed by atoms with van der Waals surface area (Å²) >= 11 is 5.82. The molecule has 3 aromatic rings. The number of nitrogens with zero attached hydrogens (tertiary/aromatic N) is 2. The molecule has 0 unspecified atom stereocenters. The molecule has 3 N–H and O–H groups in total. The first-order chi connectivity index (χ1) is 21.0. The van der Waals surface area contributed by atoms with Gasteiger partial charge in [-0.05, 0) is 49.7 Å². The monoisotopic (exact) mass is 659 g/mol. The SMILES string of the molecule is Cc1ccc(NC(=O)c2ccc(N(C)C(=O)C(F)(F)F)cc2OCCCNC(=O)C(F)(F)F)c(C(=O)Nc2ccc(Cl)cn2)c1. The second-order valence-corrected chi connectivity index (χ2v) is 9.75. The Balaban J connectivity index is 1.87. The minimum Gasteiger partial charge on any atom is -0.493 e. The van der Waals surface area contributed by atoms with Crippen molar-refractivity contribution in [1.29, 1.82) is 0 Å². The number of aromatic nitrogens is 1. The van der Waals surface area contributed by atoms with Crippen LogP contribution < -0.4 is 25.6 Å². The molecule has 1 aromatic heterocycles. The Bertz CT molecular complexity index is 1580. The molecule has 0 atom stereocenters. The lowest BCUT2D eigenvalue weighted by Crippen LogP contribution is -2.38. The van der Waals surface area contributed by atoms with Gasteiger partial charge in [0.1, 0.15) is 11.6 Å². The van der Waals surface area contributed by atoms with Crippen LogP contribution in [0.2, 0.25) is 5.02 Å². The summed E-state index contributed by atoms with van der Waals surface area (Å²) in [6.07, 6.45) is -9.20. The number of halogens is 7. The molecule has 0 saturated heterocycles. The summed E-state index contributed by atoms with van der Waals surface area (Å²) in [5, 5.41) is 7.06. The highest BCUT2D eigenvalue weighted by molar-refractivity contribution is 6.30. The zero-order valence-electron chi connectivity index (χ0n) is 23.4. The van der Waals surface area contributed by atoms with Gasteiger partial charge in [-0.3, -0.25) is 19.2 Å². The minimum absolute atomic E-state index is 0.0232. The zero-order chi connectivity index (χ0) is 33.5. The van der Waals surface area contributed by atoms with Crippen molar-refractivity contribution in [3.05, 3.63) is 76.4 Å². The molecule has 17 heteroatoms. The second kappa shape index (κ2) is 14.3. The lowest BCUT2D eigenvalue weighted by atomic mass is 10.1. The van der Waals surface area contributed by atoms with Gasteiger partial charge in [0.25, 0.3) is 11.8 Å². The smallest absolute Gasteiger partial charge is 0.471 e. The number of hydrogen-bond donors (Lipinski definition) is 3. The molecule has 0 aliphatic rings. The van der Waals surface area contributed by atoms with Crippen molar-refractivity contribution in [2.24, 2.45) is 0 Å². The molecule has 10 nitrogen and oxygen atoms in total. The van der Waals surface area contributed by atoms with Crippen LogP contribution in [0, 0.1) is 6.92 Å². The van der Waals surface area contributed by atoms with E-state index in [0.29, 0.717) is 10.6 Å². The summed E-state index contributed by atoms with van der Waals surface area (Å²) in [5.41, 5.74) is 0.143. The fourth-order valence-electron chi connectivity index (χ4n) is 3.67. The number of ether oxygens (including phenoxy) is 1. The van der Waals surface area contributed by atoms with Crippen LogP contribution in [0.5, 0.6) is 5.75 Å². The number of anilines is 3. The van der Waals surface area contributed by atoms with Gasteiger partial charge in [0, 0.05) is 31.5 Å². The maximum absolute atomic E-state index is 13.4. The standard InChI is InChI=1S/C28H24ClF6N5O5/c1-15-4-8-20(19(12-15)24(42)39-22-9-5-16(29)14-37-22)38-23(41)18-7-6-17(40(2)26(44)28(33,34)35)13-21(18)45-11-3-10-36-25(43)27(30,31)32/h4-9,12-14H,3,10-11H2,1-2H3,(H,36,43)(H,38,41)(H,37,39,42). The maximum Gasteiger partial charge on any atom is 0.471 e. The Morgan fingerprint density at radius 3 is 2.20 bits per heavy atom. The van der Waals surface area contributed by atoms with Crippen LogP contribution in [0.4, 0.5) is 43.5 Å². The van der Waals surface area contributed by atoms with E-state index < -0.39 is 42.5 Å². The van der Waals surface area contributed by atoms with Gasteiger partial charge >= 0.3 is 24.2 Å². The number of alkyl halides is 6. The van der Waals surface area contributed by atoms with Crippen molar-refractivity contribution in [1.82, 2.24) is 10.3 Å². The van der Waals surface area contributed by atoms with E-state index in [9.17, 15) is 45.5 Å². The number of carbonyl (C=O) groups is 4. The highest BCUT2D eigenvalue weighted by Crippen LogP contribution is 2.30. The molecule has 0 spiro atoms. The van der Waals surface area contributed by atoms with E-state index in [2.05, 4.69) is 15.6 Å². The van der Waals surface area contributed by atoms with Crippen LogP contribution in [0.25, 0.3) is 0 Å². The van der Waals surface area contributed by atoms with Crippen LogP contribution in [0.1, 0.15) is 32.7 Å². The van der Waals surface area contributed by atoms with Crippen LogP contribution in [0.3, 0.4) is 0 Å². The molecule has 4 amide bonds. The molecule has 0 aliphatic heterocycles. The molecule has 0 bridgehead atoms. The largest absolute Gasteiger partial charge is 0.493 e. The molecule has 1 heterocycles. The molecule has 3 rings (SSSR count). The van der Waals surface area contributed by atoms with Crippen LogP contribution >= 0.6 is 11.6 Å². The van der Waals surface area contributed by atoms with Crippen molar-refractivity contribution in [3.63, 3.8) is 0 Å². The van der Waals surface area contributed by atoms with Crippen LogP contribution in [0.15, 0.2) is 54.7 Å². The molecule has 45 heavy (non-hydrogen) atoms. The Hall–Kier alpha value is -4.86. The fourth-order valence-corrected chi connectivity index (χ4v) is 3.78. The normalized spacial score (nSPS) is 11.4. The van der Waals surface area contributed by atoms with Crippen molar-refractivity contribution < 1.29 is 50.3 Å². The number of nitrogens with one attached hydrogen (secondary N) is 3. The topological polar surface area (TPSA) is 130 Å². The maximum atomic E-state index is 13.4. The molecule has 0 aliphatic carbocycles.